The van der Waals surface area contributed by atoms with E-state index in [4.69, 9.17) is 16.3 Å². The van der Waals surface area contributed by atoms with Gasteiger partial charge in [0.1, 0.15) is 5.82 Å². The summed E-state index contributed by atoms with van der Waals surface area (Å²) in [5.74, 6) is 0.797. The van der Waals surface area contributed by atoms with Crippen LogP contribution in [0.2, 0.25) is 5.02 Å². The van der Waals surface area contributed by atoms with Crippen LogP contribution in [0.3, 0.4) is 0 Å². The minimum atomic E-state index is 0.678. The topological polar surface area (TPSA) is 37.4 Å². The number of rotatable bonds is 7. The minimum Gasteiger partial charge on any atom is -0.380 e. The monoisotopic (exact) mass is 257 g/mol. The Morgan fingerprint density at radius 2 is 2.29 bits per heavy atom. The van der Waals surface area contributed by atoms with E-state index in [0.717, 1.165) is 31.1 Å². The first-order valence-corrected chi connectivity index (χ1v) is 6.14. The number of anilines is 1. The summed E-state index contributed by atoms with van der Waals surface area (Å²) in [6, 6.07) is 1.94. The summed E-state index contributed by atoms with van der Waals surface area (Å²) in [7, 11) is 3.86. The van der Waals surface area contributed by atoms with Crippen LogP contribution in [0.15, 0.2) is 12.3 Å². The molecular weight excluding hydrogens is 238 g/mol. The van der Waals surface area contributed by atoms with Gasteiger partial charge in [-0.2, -0.15) is 0 Å². The van der Waals surface area contributed by atoms with Gasteiger partial charge in [-0.3, -0.25) is 0 Å². The summed E-state index contributed by atoms with van der Waals surface area (Å²) >= 11 is 6.20. The highest BCUT2D eigenvalue weighted by molar-refractivity contribution is 6.33. The van der Waals surface area contributed by atoms with Crippen LogP contribution in [0, 0.1) is 0 Å². The van der Waals surface area contributed by atoms with Gasteiger partial charge in [0.2, 0.25) is 0 Å². The van der Waals surface area contributed by atoms with Gasteiger partial charge in [0.05, 0.1) is 11.6 Å². The Balaban J connectivity index is 2.63. The second kappa shape index (κ2) is 7.48. The lowest BCUT2D eigenvalue weighted by Gasteiger charge is -2.19. The van der Waals surface area contributed by atoms with Gasteiger partial charge < -0.3 is 15.0 Å². The smallest absolute Gasteiger partial charge is 0.147 e. The zero-order valence-electron chi connectivity index (χ0n) is 10.7. The van der Waals surface area contributed by atoms with Crippen LogP contribution < -0.4 is 10.2 Å². The van der Waals surface area contributed by atoms with Crippen LogP contribution in [-0.4, -0.2) is 38.8 Å². The van der Waals surface area contributed by atoms with Crippen LogP contribution in [-0.2, 0) is 11.3 Å². The van der Waals surface area contributed by atoms with Crippen LogP contribution >= 0.6 is 11.6 Å². The van der Waals surface area contributed by atoms with E-state index in [0.29, 0.717) is 11.6 Å². The normalized spacial score (nSPS) is 10.6. The number of hydrogen-bond donors (Lipinski definition) is 1. The maximum atomic E-state index is 6.20. The number of likely N-dealkylation sites (N-methyl/N-ethyl adjacent to an activating group) is 1. The molecule has 96 valence electrons. The van der Waals surface area contributed by atoms with E-state index in [1.807, 2.05) is 38.2 Å². The molecule has 0 fully saturated rings. The number of ether oxygens (including phenoxy) is 1. The Morgan fingerprint density at radius 3 is 2.88 bits per heavy atom. The van der Waals surface area contributed by atoms with Crippen molar-refractivity contribution in [2.45, 2.75) is 13.5 Å². The summed E-state index contributed by atoms with van der Waals surface area (Å²) in [6.07, 6.45) is 1.84. The lowest BCUT2D eigenvalue weighted by molar-refractivity contribution is 0.154. The van der Waals surface area contributed by atoms with Crippen molar-refractivity contribution in [3.8, 4) is 0 Å². The molecule has 1 rings (SSSR count). The number of nitrogens with zero attached hydrogens (tertiary/aromatic N) is 2. The number of pyridine rings is 1. The predicted octanol–water partition coefficient (Wildman–Crippen LogP) is 1.93. The number of nitrogens with one attached hydrogen (secondary N) is 1. The number of halogens is 1. The molecule has 4 nitrogen and oxygen atoms in total. The largest absolute Gasteiger partial charge is 0.380 e. The fraction of sp³-hybridized carbons (Fsp3) is 0.583. The molecule has 1 aromatic heterocycles. The predicted molar refractivity (Wildman–Crippen MR) is 71.8 cm³/mol. The summed E-state index contributed by atoms with van der Waals surface area (Å²) < 4.78 is 5.31. The van der Waals surface area contributed by atoms with Crippen LogP contribution in [0.25, 0.3) is 0 Å². The first kappa shape index (κ1) is 14.2. The zero-order valence-corrected chi connectivity index (χ0v) is 11.4. The fourth-order valence-electron chi connectivity index (χ4n) is 1.50. The third-order valence-electron chi connectivity index (χ3n) is 2.40. The second-order valence-corrected chi connectivity index (χ2v) is 4.21. The molecule has 0 aliphatic heterocycles. The van der Waals surface area contributed by atoms with E-state index < -0.39 is 0 Å². The molecule has 0 radical (unpaired) electrons. The van der Waals surface area contributed by atoms with Crippen molar-refractivity contribution in [2.75, 3.05) is 38.8 Å². The van der Waals surface area contributed by atoms with Gasteiger partial charge in [0.15, 0.2) is 0 Å². The molecule has 0 bridgehead atoms. The maximum absolute atomic E-state index is 6.20. The molecule has 0 saturated heterocycles. The average molecular weight is 258 g/mol. The Hall–Kier alpha value is -0.840. The molecule has 0 saturated carbocycles. The number of hydrogen-bond acceptors (Lipinski definition) is 4. The highest BCUT2D eigenvalue weighted by Crippen LogP contribution is 2.22. The minimum absolute atomic E-state index is 0.678. The van der Waals surface area contributed by atoms with Gasteiger partial charge in [-0.1, -0.05) is 11.6 Å². The van der Waals surface area contributed by atoms with E-state index >= 15 is 0 Å². The third kappa shape index (κ3) is 4.50. The van der Waals surface area contributed by atoms with E-state index in [1.54, 1.807) is 0 Å². The van der Waals surface area contributed by atoms with Crippen molar-refractivity contribution < 1.29 is 4.74 Å². The fourth-order valence-corrected chi connectivity index (χ4v) is 1.84. The molecule has 5 heteroatoms. The molecule has 1 N–H and O–H groups in total. The first-order chi connectivity index (χ1) is 8.19. The first-order valence-electron chi connectivity index (χ1n) is 5.77. The van der Waals surface area contributed by atoms with E-state index in [9.17, 15) is 0 Å². The quantitative estimate of drug-likeness (QED) is 0.758. The molecular formula is C12H20ClN3O. The molecule has 0 amide bonds. The standard InChI is InChI=1S/C12H20ClN3O/c1-4-17-6-5-16(3)12-11(13)7-10(8-14-2)9-15-12/h7,9,14H,4-6,8H2,1-3H3. The lowest BCUT2D eigenvalue weighted by Crippen LogP contribution is -2.24. The van der Waals surface area contributed by atoms with Gasteiger partial charge in [-0.25, -0.2) is 4.98 Å². The van der Waals surface area contributed by atoms with Crippen molar-refractivity contribution in [3.63, 3.8) is 0 Å². The van der Waals surface area contributed by atoms with Crippen molar-refractivity contribution in [1.29, 1.82) is 0 Å². The summed E-state index contributed by atoms with van der Waals surface area (Å²) in [6.45, 7) is 4.96. The van der Waals surface area contributed by atoms with Crippen molar-refractivity contribution in [2.24, 2.45) is 0 Å². The molecule has 0 atom stereocenters. The Labute approximate surface area is 108 Å². The van der Waals surface area contributed by atoms with Gasteiger partial charge in [0, 0.05) is 32.9 Å². The third-order valence-corrected chi connectivity index (χ3v) is 2.67. The Bertz CT molecular complexity index is 347. The molecule has 1 heterocycles. The van der Waals surface area contributed by atoms with Gasteiger partial charge >= 0.3 is 0 Å². The maximum Gasteiger partial charge on any atom is 0.147 e. The van der Waals surface area contributed by atoms with Crippen molar-refractivity contribution in [1.82, 2.24) is 10.3 Å². The summed E-state index contributed by atoms with van der Waals surface area (Å²) in [5, 5.41) is 3.75. The molecule has 1 aromatic rings. The average Bonchev–Trinajstić information content (AvgIpc) is 2.29. The molecule has 17 heavy (non-hydrogen) atoms. The molecule has 0 unspecified atom stereocenters. The van der Waals surface area contributed by atoms with Crippen LogP contribution in [0.4, 0.5) is 5.82 Å². The van der Waals surface area contributed by atoms with Gasteiger partial charge in [-0.15, -0.1) is 0 Å². The van der Waals surface area contributed by atoms with Crippen molar-refractivity contribution >= 4 is 17.4 Å². The Kier molecular flexibility index (Phi) is 6.26. The van der Waals surface area contributed by atoms with Crippen molar-refractivity contribution in [3.05, 3.63) is 22.8 Å². The molecule has 0 spiro atoms. The highest BCUT2D eigenvalue weighted by atomic mass is 35.5. The van der Waals surface area contributed by atoms with Crippen LogP contribution in [0.1, 0.15) is 12.5 Å². The number of aromatic nitrogens is 1. The zero-order chi connectivity index (χ0) is 12.7. The van der Waals surface area contributed by atoms with Gasteiger partial charge in [-0.05, 0) is 25.6 Å². The Morgan fingerprint density at radius 1 is 1.53 bits per heavy atom. The highest BCUT2D eigenvalue weighted by Gasteiger charge is 2.08. The van der Waals surface area contributed by atoms with Crippen LogP contribution in [0.5, 0.6) is 0 Å². The molecule has 0 aliphatic rings. The van der Waals surface area contributed by atoms with E-state index in [-0.39, 0.29) is 0 Å². The summed E-state index contributed by atoms with van der Waals surface area (Å²) in [5.41, 5.74) is 1.08. The van der Waals surface area contributed by atoms with Gasteiger partial charge in [0.25, 0.3) is 0 Å². The SMILES string of the molecule is CCOCCN(C)c1ncc(CNC)cc1Cl. The molecule has 0 aromatic carbocycles. The molecule has 0 aliphatic carbocycles. The van der Waals surface area contributed by atoms with E-state index in [1.165, 1.54) is 0 Å². The summed E-state index contributed by atoms with van der Waals surface area (Å²) in [4.78, 5) is 6.38. The second-order valence-electron chi connectivity index (χ2n) is 3.80. The van der Waals surface area contributed by atoms with E-state index in [2.05, 4.69) is 10.3 Å². The lowest BCUT2D eigenvalue weighted by atomic mass is 10.3.